The predicted octanol–water partition coefficient (Wildman–Crippen LogP) is 2.95. The van der Waals surface area contributed by atoms with Crippen LogP contribution in [0.4, 0.5) is 0 Å². The van der Waals surface area contributed by atoms with Crippen LogP contribution in [0.1, 0.15) is 60.3 Å². The van der Waals surface area contributed by atoms with Gasteiger partial charge in [0.25, 0.3) is 0 Å². The van der Waals surface area contributed by atoms with Gasteiger partial charge in [-0.1, -0.05) is 34.6 Å². The second-order valence-corrected chi connectivity index (χ2v) is 7.23. The minimum Gasteiger partial charge on any atom is -0.391 e. The SMILES string of the molecule is CC1(C)CCC(NCC(O)C(C)(C)C)CC1. The Morgan fingerprint density at radius 2 is 1.75 bits per heavy atom. The van der Waals surface area contributed by atoms with Crippen LogP contribution in [-0.4, -0.2) is 23.8 Å². The van der Waals surface area contributed by atoms with Crippen LogP contribution in [0.15, 0.2) is 0 Å². The Hall–Kier alpha value is -0.0800. The number of aliphatic hydroxyl groups is 1. The first kappa shape index (κ1) is 14.0. The monoisotopic (exact) mass is 227 g/mol. The molecule has 0 amide bonds. The lowest BCUT2D eigenvalue weighted by Gasteiger charge is -2.36. The minimum atomic E-state index is -0.248. The molecule has 0 bridgehead atoms. The van der Waals surface area contributed by atoms with Crippen LogP contribution in [0.5, 0.6) is 0 Å². The van der Waals surface area contributed by atoms with Crippen molar-refractivity contribution in [3.05, 3.63) is 0 Å². The zero-order valence-corrected chi connectivity index (χ0v) is 11.6. The molecule has 0 spiro atoms. The summed E-state index contributed by atoms with van der Waals surface area (Å²) in [6, 6.07) is 0.616. The third-order valence-electron chi connectivity index (χ3n) is 3.94. The van der Waals surface area contributed by atoms with Gasteiger partial charge in [0.15, 0.2) is 0 Å². The second kappa shape index (κ2) is 5.05. The highest BCUT2D eigenvalue weighted by Crippen LogP contribution is 2.35. The Morgan fingerprint density at radius 3 is 2.19 bits per heavy atom. The van der Waals surface area contributed by atoms with Crippen molar-refractivity contribution in [2.24, 2.45) is 10.8 Å². The molecule has 1 atom stereocenters. The molecule has 0 aromatic carbocycles. The van der Waals surface area contributed by atoms with Gasteiger partial charge in [-0.25, -0.2) is 0 Å². The molecule has 0 aromatic heterocycles. The molecule has 0 aliphatic heterocycles. The van der Waals surface area contributed by atoms with Crippen molar-refractivity contribution in [1.29, 1.82) is 0 Å². The van der Waals surface area contributed by atoms with E-state index in [9.17, 15) is 5.11 Å². The van der Waals surface area contributed by atoms with Crippen molar-refractivity contribution in [3.8, 4) is 0 Å². The third-order valence-corrected chi connectivity index (χ3v) is 3.94. The van der Waals surface area contributed by atoms with Crippen LogP contribution >= 0.6 is 0 Å². The van der Waals surface area contributed by atoms with Crippen LogP contribution < -0.4 is 5.32 Å². The van der Waals surface area contributed by atoms with Gasteiger partial charge in [0.05, 0.1) is 6.10 Å². The molecule has 0 heterocycles. The highest BCUT2D eigenvalue weighted by Gasteiger charge is 2.28. The number of rotatable bonds is 3. The summed E-state index contributed by atoms with van der Waals surface area (Å²) in [5, 5.41) is 13.5. The van der Waals surface area contributed by atoms with Crippen LogP contribution in [0.3, 0.4) is 0 Å². The summed E-state index contributed by atoms with van der Waals surface area (Å²) in [4.78, 5) is 0. The summed E-state index contributed by atoms with van der Waals surface area (Å²) in [6.07, 6.45) is 4.86. The van der Waals surface area contributed by atoms with Crippen molar-refractivity contribution in [1.82, 2.24) is 5.32 Å². The maximum atomic E-state index is 9.96. The lowest BCUT2D eigenvalue weighted by atomic mass is 9.75. The van der Waals surface area contributed by atoms with Gasteiger partial charge < -0.3 is 10.4 Å². The largest absolute Gasteiger partial charge is 0.391 e. The van der Waals surface area contributed by atoms with Crippen LogP contribution in [0.25, 0.3) is 0 Å². The predicted molar refractivity (Wildman–Crippen MR) is 69.5 cm³/mol. The Morgan fingerprint density at radius 1 is 1.25 bits per heavy atom. The Labute approximate surface area is 101 Å². The third kappa shape index (κ3) is 4.42. The molecule has 2 heteroatoms. The quantitative estimate of drug-likeness (QED) is 0.777. The van der Waals surface area contributed by atoms with Gasteiger partial charge in [-0.05, 0) is 36.5 Å². The molecule has 96 valence electrons. The van der Waals surface area contributed by atoms with Gasteiger partial charge in [-0.15, -0.1) is 0 Å². The van der Waals surface area contributed by atoms with Gasteiger partial charge in [-0.3, -0.25) is 0 Å². The van der Waals surface area contributed by atoms with E-state index in [-0.39, 0.29) is 11.5 Å². The molecular formula is C14H29NO. The lowest BCUT2D eigenvalue weighted by Crippen LogP contribution is -2.43. The zero-order valence-electron chi connectivity index (χ0n) is 11.6. The molecule has 0 saturated heterocycles. The van der Waals surface area contributed by atoms with Crippen molar-refractivity contribution >= 4 is 0 Å². The molecule has 16 heavy (non-hydrogen) atoms. The van der Waals surface area contributed by atoms with E-state index < -0.39 is 0 Å². The Kier molecular flexibility index (Phi) is 4.42. The number of aliphatic hydroxyl groups excluding tert-OH is 1. The number of hydrogen-bond donors (Lipinski definition) is 2. The fraction of sp³-hybridized carbons (Fsp3) is 1.00. The van der Waals surface area contributed by atoms with E-state index in [1.165, 1.54) is 25.7 Å². The van der Waals surface area contributed by atoms with E-state index in [0.717, 1.165) is 6.54 Å². The summed E-state index contributed by atoms with van der Waals surface area (Å²) in [6.45, 7) is 11.7. The maximum Gasteiger partial charge on any atom is 0.0712 e. The highest BCUT2D eigenvalue weighted by atomic mass is 16.3. The Balaban J connectivity index is 2.25. The van der Waals surface area contributed by atoms with Gasteiger partial charge >= 0.3 is 0 Å². The molecule has 2 nitrogen and oxygen atoms in total. The van der Waals surface area contributed by atoms with Crippen molar-refractivity contribution < 1.29 is 5.11 Å². The molecule has 1 rings (SSSR count). The minimum absolute atomic E-state index is 0.0130. The van der Waals surface area contributed by atoms with Gasteiger partial charge in [0, 0.05) is 12.6 Å². The molecule has 1 aliphatic rings. The normalized spacial score (nSPS) is 24.4. The fourth-order valence-corrected chi connectivity index (χ4v) is 2.19. The molecular weight excluding hydrogens is 198 g/mol. The molecule has 1 aliphatic carbocycles. The average molecular weight is 227 g/mol. The van der Waals surface area contributed by atoms with E-state index in [1.807, 2.05) is 0 Å². The fourth-order valence-electron chi connectivity index (χ4n) is 2.19. The molecule has 2 N–H and O–H groups in total. The zero-order chi connectivity index (χ0) is 12.4. The van der Waals surface area contributed by atoms with Crippen LogP contribution in [-0.2, 0) is 0 Å². The first-order chi connectivity index (χ1) is 7.21. The van der Waals surface area contributed by atoms with E-state index >= 15 is 0 Å². The van der Waals surface area contributed by atoms with Crippen molar-refractivity contribution in [2.75, 3.05) is 6.54 Å². The topological polar surface area (TPSA) is 32.3 Å². The number of nitrogens with one attached hydrogen (secondary N) is 1. The molecule has 0 aromatic rings. The van der Waals surface area contributed by atoms with Crippen LogP contribution in [0, 0.1) is 10.8 Å². The summed E-state index contributed by atoms with van der Waals surface area (Å²) >= 11 is 0. The van der Waals surface area contributed by atoms with Crippen molar-refractivity contribution in [3.63, 3.8) is 0 Å². The standard InChI is InChI=1S/C14H29NO/c1-13(2,3)12(16)10-15-11-6-8-14(4,5)9-7-11/h11-12,15-16H,6-10H2,1-5H3. The van der Waals surface area contributed by atoms with E-state index in [2.05, 4.69) is 39.9 Å². The smallest absolute Gasteiger partial charge is 0.0712 e. The molecule has 0 radical (unpaired) electrons. The van der Waals surface area contributed by atoms with Gasteiger partial charge in [-0.2, -0.15) is 0 Å². The summed E-state index contributed by atoms with van der Waals surface area (Å²) in [7, 11) is 0. The number of hydrogen-bond acceptors (Lipinski definition) is 2. The molecule has 1 saturated carbocycles. The summed E-state index contributed by atoms with van der Waals surface area (Å²) in [5.41, 5.74) is 0.516. The molecule has 1 unspecified atom stereocenters. The maximum absolute atomic E-state index is 9.96. The van der Waals surface area contributed by atoms with E-state index in [1.54, 1.807) is 0 Å². The van der Waals surface area contributed by atoms with E-state index in [4.69, 9.17) is 0 Å². The van der Waals surface area contributed by atoms with Crippen LogP contribution in [0.2, 0.25) is 0 Å². The van der Waals surface area contributed by atoms with Crippen molar-refractivity contribution in [2.45, 2.75) is 72.4 Å². The van der Waals surface area contributed by atoms with E-state index in [0.29, 0.717) is 11.5 Å². The highest BCUT2D eigenvalue weighted by molar-refractivity contribution is 4.84. The van der Waals surface area contributed by atoms with Gasteiger partial charge in [0.1, 0.15) is 0 Å². The summed E-state index contributed by atoms with van der Waals surface area (Å²) in [5.74, 6) is 0. The van der Waals surface area contributed by atoms with Gasteiger partial charge in [0.2, 0.25) is 0 Å². The second-order valence-electron chi connectivity index (χ2n) is 7.23. The average Bonchev–Trinajstić information content (AvgIpc) is 2.14. The Bertz CT molecular complexity index is 207. The first-order valence-electron chi connectivity index (χ1n) is 6.62. The molecule has 1 fully saturated rings. The summed E-state index contributed by atoms with van der Waals surface area (Å²) < 4.78 is 0. The lowest BCUT2D eigenvalue weighted by molar-refractivity contribution is 0.0571. The first-order valence-corrected chi connectivity index (χ1v) is 6.62.